The number of hydrogen-bond acceptors (Lipinski definition) is 5. The summed E-state index contributed by atoms with van der Waals surface area (Å²) in [7, 11) is 4.74. The molecule has 0 spiro atoms. The molecular weight excluding hydrogens is 352 g/mol. The van der Waals surface area contributed by atoms with Crippen molar-refractivity contribution >= 4 is 29.3 Å². The molecule has 0 aromatic heterocycles. The minimum Gasteiger partial charge on any atom is -0.508 e. The SMILES string of the molecule is COc1ccc(OC)c(C2=NC(=S)N=CC2c2cc(OC)ccc2O)c1. The highest BCUT2D eigenvalue weighted by molar-refractivity contribution is 7.80. The van der Waals surface area contributed by atoms with Crippen molar-refractivity contribution in [3.8, 4) is 23.0 Å². The van der Waals surface area contributed by atoms with Gasteiger partial charge in [-0.05, 0) is 48.6 Å². The van der Waals surface area contributed by atoms with Gasteiger partial charge in [-0.1, -0.05) is 0 Å². The first kappa shape index (κ1) is 17.9. The fourth-order valence-corrected chi connectivity index (χ4v) is 2.95. The zero-order chi connectivity index (χ0) is 18.7. The molecule has 6 nitrogen and oxygen atoms in total. The van der Waals surface area contributed by atoms with Crippen molar-refractivity contribution in [2.75, 3.05) is 21.3 Å². The van der Waals surface area contributed by atoms with Gasteiger partial charge >= 0.3 is 0 Å². The van der Waals surface area contributed by atoms with Gasteiger partial charge in [-0.2, -0.15) is 0 Å². The molecule has 1 aliphatic heterocycles. The van der Waals surface area contributed by atoms with Gasteiger partial charge in [0.25, 0.3) is 0 Å². The molecule has 2 aromatic rings. The molecule has 1 heterocycles. The molecule has 3 rings (SSSR count). The van der Waals surface area contributed by atoms with E-state index < -0.39 is 5.92 Å². The summed E-state index contributed by atoms with van der Waals surface area (Å²) >= 11 is 5.16. The van der Waals surface area contributed by atoms with Gasteiger partial charge < -0.3 is 19.3 Å². The van der Waals surface area contributed by atoms with Crippen molar-refractivity contribution in [2.24, 2.45) is 9.98 Å². The molecule has 1 N–H and O–H groups in total. The van der Waals surface area contributed by atoms with Crippen LogP contribution in [-0.2, 0) is 0 Å². The van der Waals surface area contributed by atoms with Gasteiger partial charge in [-0.15, -0.1) is 0 Å². The molecule has 0 aliphatic carbocycles. The van der Waals surface area contributed by atoms with Crippen LogP contribution >= 0.6 is 12.2 Å². The predicted molar refractivity (Wildman–Crippen MR) is 105 cm³/mol. The van der Waals surface area contributed by atoms with E-state index in [0.717, 1.165) is 0 Å². The summed E-state index contributed by atoms with van der Waals surface area (Å²) in [5, 5.41) is 10.6. The molecule has 1 atom stereocenters. The number of hydrogen-bond donors (Lipinski definition) is 1. The minimum absolute atomic E-state index is 0.115. The smallest absolute Gasteiger partial charge is 0.219 e. The summed E-state index contributed by atoms with van der Waals surface area (Å²) in [4.78, 5) is 8.61. The summed E-state index contributed by atoms with van der Waals surface area (Å²) in [6, 6.07) is 10.4. The second-order valence-corrected chi connectivity index (χ2v) is 5.89. The average molecular weight is 370 g/mol. The number of nitrogens with zero attached hydrogens (tertiary/aromatic N) is 2. The Balaban J connectivity index is 2.17. The highest BCUT2D eigenvalue weighted by Crippen LogP contribution is 2.36. The van der Waals surface area contributed by atoms with Gasteiger partial charge in [0.2, 0.25) is 5.11 Å². The second kappa shape index (κ2) is 7.53. The van der Waals surface area contributed by atoms with Crippen LogP contribution in [0.1, 0.15) is 17.0 Å². The average Bonchev–Trinajstić information content (AvgIpc) is 2.68. The third kappa shape index (κ3) is 3.39. The van der Waals surface area contributed by atoms with E-state index in [2.05, 4.69) is 9.98 Å². The lowest BCUT2D eigenvalue weighted by Crippen LogP contribution is -2.21. The first-order valence-corrected chi connectivity index (χ1v) is 8.24. The van der Waals surface area contributed by atoms with Crippen LogP contribution in [0.3, 0.4) is 0 Å². The number of aromatic hydroxyl groups is 1. The number of thiocarbonyl (C=S) groups is 1. The number of phenolic OH excluding ortho intramolecular Hbond substituents is 1. The maximum atomic E-state index is 10.4. The summed E-state index contributed by atoms with van der Waals surface area (Å²) in [6.45, 7) is 0. The van der Waals surface area contributed by atoms with Crippen LogP contribution in [0, 0.1) is 0 Å². The Kier molecular flexibility index (Phi) is 5.18. The Labute approximate surface area is 156 Å². The van der Waals surface area contributed by atoms with Gasteiger partial charge in [0, 0.05) is 17.3 Å². The largest absolute Gasteiger partial charge is 0.508 e. The third-order valence-electron chi connectivity index (χ3n) is 4.10. The first-order chi connectivity index (χ1) is 12.6. The molecule has 0 amide bonds. The molecular formula is C19H18N2O4S. The first-order valence-electron chi connectivity index (χ1n) is 7.83. The fraction of sp³-hybridized carbons (Fsp3) is 0.211. The van der Waals surface area contributed by atoms with Gasteiger partial charge in [-0.25, -0.2) is 9.98 Å². The Bertz CT molecular complexity index is 908. The molecule has 1 aliphatic rings. The van der Waals surface area contributed by atoms with E-state index in [-0.39, 0.29) is 10.9 Å². The van der Waals surface area contributed by atoms with Gasteiger partial charge in [0.15, 0.2) is 0 Å². The molecule has 134 valence electrons. The highest BCUT2D eigenvalue weighted by Gasteiger charge is 2.27. The lowest BCUT2D eigenvalue weighted by molar-refractivity contribution is 0.402. The number of phenols is 1. The zero-order valence-corrected chi connectivity index (χ0v) is 15.4. The monoisotopic (exact) mass is 370 g/mol. The Morgan fingerprint density at radius 1 is 0.962 bits per heavy atom. The molecule has 0 bridgehead atoms. The third-order valence-corrected chi connectivity index (χ3v) is 4.29. The van der Waals surface area contributed by atoms with Gasteiger partial charge in [0.05, 0.1) is 33.0 Å². The molecule has 7 heteroatoms. The Morgan fingerprint density at radius 2 is 1.65 bits per heavy atom. The second-order valence-electron chi connectivity index (χ2n) is 5.53. The maximum absolute atomic E-state index is 10.4. The van der Waals surface area contributed by atoms with Crippen molar-refractivity contribution in [2.45, 2.75) is 5.92 Å². The van der Waals surface area contributed by atoms with Crippen LogP contribution in [0.25, 0.3) is 0 Å². The highest BCUT2D eigenvalue weighted by atomic mass is 32.1. The van der Waals surface area contributed by atoms with Crippen molar-refractivity contribution in [3.05, 3.63) is 47.5 Å². The number of benzene rings is 2. The number of ether oxygens (including phenoxy) is 3. The fourth-order valence-electron chi connectivity index (χ4n) is 2.79. The summed E-state index contributed by atoms with van der Waals surface area (Å²) in [5.74, 6) is 1.60. The van der Waals surface area contributed by atoms with E-state index in [1.165, 1.54) is 0 Å². The minimum atomic E-state index is -0.419. The van der Waals surface area contributed by atoms with E-state index >= 15 is 0 Å². The van der Waals surface area contributed by atoms with Crippen molar-refractivity contribution in [1.29, 1.82) is 0 Å². The Morgan fingerprint density at radius 3 is 2.35 bits per heavy atom. The molecule has 1 unspecified atom stereocenters. The van der Waals surface area contributed by atoms with Crippen molar-refractivity contribution < 1.29 is 19.3 Å². The summed E-state index contributed by atoms with van der Waals surface area (Å²) in [6.07, 6.45) is 1.66. The molecule has 0 radical (unpaired) electrons. The molecule has 0 fully saturated rings. The van der Waals surface area contributed by atoms with Crippen LogP contribution in [0.4, 0.5) is 0 Å². The Hall–Kier alpha value is -2.93. The normalized spacial score (nSPS) is 16.2. The molecule has 0 saturated heterocycles. The summed E-state index contributed by atoms with van der Waals surface area (Å²) < 4.78 is 16.1. The van der Waals surface area contributed by atoms with Crippen molar-refractivity contribution in [3.63, 3.8) is 0 Å². The maximum Gasteiger partial charge on any atom is 0.219 e. The predicted octanol–water partition coefficient (Wildman–Crippen LogP) is 3.36. The van der Waals surface area contributed by atoms with Crippen LogP contribution in [0.15, 0.2) is 46.4 Å². The number of rotatable bonds is 5. The quantitative estimate of drug-likeness (QED) is 0.817. The van der Waals surface area contributed by atoms with E-state index in [1.807, 2.05) is 6.07 Å². The van der Waals surface area contributed by atoms with E-state index in [4.69, 9.17) is 26.4 Å². The summed E-state index contributed by atoms with van der Waals surface area (Å²) in [5.41, 5.74) is 1.94. The van der Waals surface area contributed by atoms with Crippen LogP contribution in [0.5, 0.6) is 23.0 Å². The standard InChI is InChI=1S/C19H18N2O4S/c1-23-11-4-6-16(22)13(8-11)15-10-20-19(26)21-18(15)14-9-12(24-2)5-7-17(14)25-3/h4-10,15,22H,1-3H3. The van der Waals surface area contributed by atoms with Crippen LogP contribution < -0.4 is 14.2 Å². The lowest BCUT2D eigenvalue weighted by atomic mass is 9.88. The van der Waals surface area contributed by atoms with Crippen molar-refractivity contribution in [1.82, 2.24) is 0 Å². The van der Waals surface area contributed by atoms with E-state index in [0.29, 0.717) is 34.1 Å². The molecule has 26 heavy (non-hydrogen) atoms. The van der Waals surface area contributed by atoms with E-state index in [9.17, 15) is 5.11 Å². The molecule has 0 saturated carbocycles. The number of aliphatic imine (C=N–C) groups is 2. The number of methoxy groups -OCH3 is 3. The van der Waals surface area contributed by atoms with Gasteiger partial charge in [-0.3, -0.25) is 0 Å². The van der Waals surface area contributed by atoms with E-state index in [1.54, 1.807) is 57.9 Å². The lowest BCUT2D eigenvalue weighted by Gasteiger charge is -2.22. The van der Waals surface area contributed by atoms with Crippen LogP contribution in [0.2, 0.25) is 0 Å². The zero-order valence-electron chi connectivity index (χ0n) is 14.6. The topological polar surface area (TPSA) is 72.6 Å². The van der Waals surface area contributed by atoms with Crippen LogP contribution in [-0.4, -0.2) is 43.5 Å². The molecule has 2 aromatic carbocycles. The van der Waals surface area contributed by atoms with Gasteiger partial charge in [0.1, 0.15) is 23.0 Å².